The van der Waals surface area contributed by atoms with Crippen molar-refractivity contribution in [1.29, 1.82) is 0 Å². The van der Waals surface area contributed by atoms with Crippen molar-refractivity contribution in [2.45, 2.75) is 26.8 Å². The first-order valence-corrected chi connectivity index (χ1v) is 10.7. The molecule has 162 valence electrons. The van der Waals surface area contributed by atoms with Gasteiger partial charge in [0.2, 0.25) is 0 Å². The molecule has 4 rings (SSSR count). The largest absolute Gasteiger partial charge is 0.398 e. The number of anilines is 1. The third-order valence-electron chi connectivity index (χ3n) is 5.46. The second-order valence-corrected chi connectivity index (χ2v) is 8.01. The number of rotatable bonds is 6. The van der Waals surface area contributed by atoms with Crippen LogP contribution in [0.15, 0.2) is 66.9 Å². The number of nitrogens with two attached hydrogens (primary N) is 1. The average molecular weight is 446 g/mol. The standard InChI is InChI=1S/C25H24ClN5O/c1-16-22(17(2)31(30-16)20-10-11-24(27)23(26)14-20)13-18-7-3-4-9-21(18)25(32)29-15-19-8-5-6-12-28-19/h3-12,14H,13,15,27H2,1-2H3,(H,29,32). The van der Waals surface area contributed by atoms with Gasteiger partial charge < -0.3 is 11.1 Å². The summed E-state index contributed by atoms with van der Waals surface area (Å²) in [5, 5.41) is 8.16. The van der Waals surface area contributed by atoms with E-state index >= 15 is 0 Å². The highest BCUT2D eigenvalue weighted by atomic mass is 35.5. The second kappa shape index (κ2) is 9.24. The molecule has 0 aliphatic rings. The topological polar surface area (TPSA) is 85.8 Å². The maximum absolute atomic E-state index is 12.9. The zero-order chi connectivity index (χ0) is 22.7. The Morgan fingerprint density at radius 1 is 1.09 bits per heavy atom. The maximum atomic E-state index is 12.9. The van der Waals surface area contributed by atoms with E-state index in [1.807, 2.05) is 67.1 Å². The molecule has 2 aromatic carbocycles. The first-order valence-electron chi connectivity index (χ1n) is 10.3. The van der Waals surface area contributed by atoms with Crippen molar-refractivity contribution in [3.8, 4) is 5.69 Å². The van der Waals surface area contributed by atoms with Crippen LogP contribution in [-0.2, 0) is 13.0 Å². The van der Waals surface area contributed by atoms with Gasteiger partial charge in [0.25, 0.3) is 5.91 Å². The van der Waals surface area contributed by atoms with Gasteiger partial charge >= 0.3 is 0 Å². The summed E-state index contributed by atoms with van der Waals surface area (Å²) in [6.45, 7) is 4.37. The third kappa shape index (κ3) is 4.50. The van der Waals surface area contributed by atoms with Gasteiger partial charge in [0.1, 0.15) is 0 Å². The molecule has 0 fully saturated rings. The number of nitrogen functional groups attached to an aromatic ring is 1. The summed E-state index contributed by atoms with van der Waals surface area (Å²) in [6, 6.07) is 18.8. The van der Waals surface area contributed by atoms with E-state index in [0.717, 1.165) is 33.9 Å². The fourth-order valence-corrected chi connectivity index (χ4v) is 3.86. The predicted octanol–water partition coefficient (Wildman–Crippen LogP) is 4.64. The Morgan fingerprint density at radius 2 is 1.88 bits per heavy atom. The van der Waals surface area contributed by atoms with Gasteiger partial charge in [-0.15, -0.1) is 0 Å². The monoisotopic (exact) mass is 445 g/mol. The van der Waals surface area contributed by atoms with Crippen LogP contribution in [0.5, 0.6) is 0 Å². The van der Waals surface area contributed by atoms with Crippen LogP contribution in [0.3, 0.4) is 0 Å². The fraction of sp³-hybridized carbons (Fsp3) is 0.160. The molecule has 0 radical (unpaired) electrons. The lowest BCUT2D eigenvalue weighted by atomic mass is 9.98. The molecule has 32 heavy (non-hydrogen) atoms. The highest BCUT2D eigenvalue weighted by Crippen LogP contribution is 2.26. The molecule has 0 aliphatic carbocycles. The van der Waals surface area contributed by atoms with Crippen LogP contribution in [0.2, 0.25) is 5.02 Å². The number of aryl methyl sites for hydroxylation is 1. The predicted molar refractivity (Wildman–Crippen MR) is 127 cm³/mol. The molecule has 0 atom stereocenters. The number of halogens is 1. The number of aromatic nitrogens is 3. The lowest BCUT2D eigenvalue weighted by Gasteiger charge is -2.11. The van der Waals surface area contributed by atoms with Gasteiger partial charge in [0.15, 0.2) is 0 Å². The van der Waals surface area contributed by atoms with Crippen LogP contribution >= 0.6 is 11.6 Å². The maximum Gasteiger partial charge on any atom is 0.251 e. The lowest BCUT2D eigenvalue weighted by molar-refractivity contribution is 0.0949. The zero-order valence-electron chi connectivity index (χ0n) is 18.0. The van der Waals surface area contributed by atoms with Gasteiger partial charge in [0.05, 0.1) is 34.3 Å². The molecule has 0 unspecified atom stereocenters. The quantitative estimate of drug-likeness (QED) is 0.423. The molecule has 3 N–H and O–H groups in total. The highest BCUT2D eigenvalue weighted by molar-refractivity contribution is 6.33. The van der Waals surface area contributed by atoms with Gasteiger partial charge in [-0.1, -0.05) is 35.9 Å². The number of pyridine rings is 1. The van der Waals surface area contributed by atoms with E-state index in [4.69, 9.17) is 22.4 Å². The minimum atomic E-state index is -0.126. The number of nitrogens with zero attached hydrogens (tertiary/aromatic N) is 3. The summed E-state index contributed by atoms with van der Waals surface area (Å²) in [6.07, 6.45) is 2.31. The number of benzene rings is 2. The van der Waals surface area contributed by atoms with Crippen LogP contribution in [-0.4, -0.2) is 20.7 Å². The molecule has 1 amide bonds. The van der Waals surface area contributed by atoms with E-state index in [1.54, 1.807) is 18.3 Å². The van der Waals surface area contributed by atoms with E-state index in [1.165, 1.54) is 0 Å². The molecule has 0 saturated carbocycles. The Morgan fingerprint density at radius 3 is 2.62 bits per heavy atom. The Balaban J connectivity index is 1.59. The number of amides is 1. The van der Waals surface area contributed by atoms with E-state index in [9.17, 15) is 4.79 Å². The smallest absolute Gasteiger partial charge is 0.251 e. The Kier molecular flexibility index (Phi) is 6.23. The van der Waals surface area contributed by atoms with E-state index in [-0.39, 0.29) is 5.91 Å². The molecule has 0 saturated heterocycles. The Labute approximate surface area is 192 Å². The van der Waals surface area contributed by atoms with Gasteiger partial charge in [-0.3, -0.25) is 9.78 Å². The van der Waals surface area contributed by atoms with Crippen molar-refractivity contribution in [3.05, 3.63) is 106 Å². The minimum Gasteiger partial charge on any atom is -0.398 e. The van der Waals surface area contributed by atoms with Crippen molar-refractivity contribution in [1.82, 2.24) is 20.1 Å². The van der Waals surface area contributed by atoms with Crippen molar-refractivity contribution < 1.29 is 4.79 Å². The van der Waals surface area contributed by atoms with E-state index < -0.39 is 0 Å². The SMILES string of the molecule is Cc1nn(-c2ccc(N)c(Cl)c2)c(C)c1Cc1ccccc1C(=O)NCc1ccccn1. The minimum absolute atomic E-state index is 0.126. The number of hydrogen-bond donors (Lipinski definition) is 2. The Bertz CT molecular complexity index is 1270. The summed E-state index contributed by atoms with van der Waals surface area (Å²) < 4.78 is 1.86. The third-order valence-corrected chi connectivity index (χ3v) is 5.78. The van der Waals surface area contributed by atoms with Crippen molar-refractivity contribution >= 4 is 23.2 Å². The normalized spacial score (nSPS) is 10.8. The molecule has 0 aliphatic heterocycles. The van der Waals surface area contributed by atoms with Gasteiger partial charge in [-0.2, -0.15) is 5.10 Å². The first kappa shape index (κ1) is 21.6. The molecule has 0 bridgehead atoms. The number of nitrogens with one attached hydrogen (secondary N) is 1. The van der Waals surface area contributed by atoms with Gasteiger partial charge in [0, 0.05) is 29.4 Å². The summed E-state index contributed by atoms with van der Waals surface area (Å²) in [5.41, 5.74) is 12.6. The van der Waals surface area contributed by atoms with E-state index in [0.29, 0.717) is 29.2 Å². The second-order valence-electron chi connectivity index (χ2n) is 7.60. The number of hydrogen-bond acceptors (Lipinski definition) is 4. The number of carbonyl (C=O) groups is 1. The van der Waals surface area contributed by atoms with Crippen molar-refractivity contribution in [2.75, 3.05) is 5.73 Å². The Hall–Kier alpha value is -3.64. The van der Waals surface area contributed by atoms with Crippen LogP contribution in [0.25, 0.3) is 5.69 Å². The van der Waals surface area contributed by atoms with Gasteiger partial charge in [-0.05, 0) is 55.8 Å². The van der Waals surface area contributed by atoms with Gasteiger partial charge in [-0.25, -0.2) is 4.68 Å². The molecule has 6 nitrogen and oxygen atoms in total. The summed E-state index contributed by atoms with van der Waals surface area (Å²) in [5.74, 6) is -0.126. The summed E-state index contributed by atoms with van der Waals surface area (Å²) >= 11 is 6.21. The molecule has 2 aromatic heterocycles. The van der Waals surface area contributed by atoms with Crippen LogP contribution < -0.4 is 11.1 Å². The summed E-state index contributed by atoms with van der Waals surface area (Å²) in [4.78, 5) is 17.2. The first-order chi connectivity index (χ1) is 15.4. The molecule has 4 aromatic rings. The van der Waals surface area contributed by atoms with Crippen molar-refractivity contribution in [3.63, 3.8) is 0 Å². The van der Waals surface area contributed by atoms with Crippen LogP contribution in [0.4, 0.5) is 5.69 Å². The lowest BCUT2D eigenvalue weighted by Crippen LogP contribution is -2.24. The molecular formula is C25H24ClN5O. The van der Waals surface area contributed by atoms with E-state index in [2.05, 4.69) is 10.3 Å². The highest BCUT2D eigenvalue weighted by Gasteiger charge is 2.17. The fourth-order valence-electron chi connectivity index (χ4n) is 3.69. The molecule has 0 spiro atoms. The molecule has 7 heteroatoms. The van der Waals surface area contributed by atoms with Crippen LogP contribution in [0.1, 0.15) is 38.6 Å². The summed E-state index contributed by atoms with van der Waals surface area (Å²) in [7, 11) is 0. The van der Waals surface area contributed by atoms with Crippen molar-refractivity contribution in [2.24, 2.45) is 0 Å². The zero-order valence-corrected chi connectivity index (χ0v) is 18.7. The molecule has 2 heterocycles. The number of carbonyl (C=O) groups excluding carboxylic acids is 1. The molecular weight excluding hydrogens is 422 g/mol. The average Bonchev–Trinajstić information content (AvgIpc) is 3.08. The van der Waals surface area contributed by atoms with Crippen LogP contribution in [0, 0.1) is 13.8 Å².